The average molecular weight is 380 g/mol. The Kier molecular flexibility index (Phi) is 4.54. The highest BCUT2D eigenvalue weighted by molar-refractivity contribution is 9.10. The summed E-state index contributed by atoms with van der Waals surface area (Å²) >= 11 is 16.3. The molecule has 1 unspecified atom stereocenters. The topological polar surface area (TPSA) is 0 Å². The van der Waals surface area contributed by atoms with E-state index in [1.807, 2.05) is 18.2 Å². The van der Waals surface area contributed by atoms with Gasteiger partial charge in [0, 0.05) is 9.50 Å². The van der Waals surface area contributed by atoms with Gasteiger partial charge >= 0.3 is 0 Å². The van der Waals surface area contributed by atoms with Crippen LogP contribution in [0.25, 0.3) is 10.8 Å². The molecular formula is C18H13BrCl2. The molecule has 3 aromatic rings. The van der Waals surface area contributed by atoms with Gasteiger partial charge in [-0.15, -0.1) is 11.6 Å². The molecule has 0 aliphatic carbocycles. The van der Waals surface area contributed by atoms with Crippen LogP contribution >= 0.6 is 39.1 Å². The van der Waals surface area contributed by atoms with E-state index >= 15 is 0 Å². The molecule has 0 heterocycles. The van der Waals surface area contributed by atoms with Crippen molar-refractivity contribution in [2.24, 2.45) is 0 Å². The van der Waals surface area contributed by atoms with Crippen LogP contribution in [0.15, 0.2) is 65.1 Å². The SMILES string of the molecule is Clc1ccc(Br)c(C(Cl)Cc2cccc3ccccc23)c1. The van der Waals surface area contributed by atoms with Gasteiger partial charge in [-0.3, -0.25) is 0 Å². The third kappa shape index (κ3) is 3.26. The van der Waals surface area contributed by atoms with Crippen LogP contribution in [0.4, 0.5) is 0 Å². The zero-order chi connectivity index (χ0) is 14.8. The van der Waals surface area contributed by atoms with E-state index in [4.69, 9.17) is 23.2 Å². The summed E-state index contributed by atoms with van der Waals surface area (Å²) in [6.07, 6.45) is 0.766. The van der Waals surface area contributed by atoms with Crippen molar-refractivity contribution in [1.82, 2.24) is 0 Å². The van der Waals surface area contributed by atoms with E-state index in [-0.39, 0.29) is 5.38 Å². The predicted octanol–water partition coefficient (Wildman–Crippen LogP) is 6.78. The van der Waals surface area contributed by atoms with Gasteiger partial charge in [-0.1, -0.05) is 70.0 Å². The lowest BCUT2D eigenvalue weighted by molar-refractivity contribution is 0.922. The first-order valence-electron chi connectivity index (χ1n) is 6.71. The molecule has 3 rings (SSSR count). The van der Waals surface area contributed by atoms with Crippen LogP contribution in [-0.2, 0) is 6.42 Å². The van der Waals surface area contributed by atoms with Crippen LogP contribution in [0, 0.1) is 0 Å². The predicted molar refractivity (Wildman–Crippen MR) is 95.4 cm³/mol. The Hall–Kier alpha value is -1.02. The Morgan fingerprint density at radius 2 is 1.71 bits per heavy atom. The molecule has 0 radical (unpaired) electrons. The molecule has 0 saturated carbocycles. The number of fused-ring (bicyclic) bond motifs is 1. The second-order valence-corrected chi connectivity index (χ2v) is 6.79. The molecule has 0 nitrogen and oxygen atoms in total. The number of rotatable bonds is 3. The lowest BCUT2D eigenvalue weighted by Gasteiger charge is -2.14. The van der Waals surface area contributed by atoms with Crippen molar-refractivity contribution in [3.8, 4) is 0 Å². The Balaban J connectivity index is 1.96. The van der Waals surface area contributed by atoms with Gasteiger partial charge in [-0.2, -0.15) is 0 Å². The highest BCUT2D eigenvalue weighted by Crippen LogP contribution is 2.34. The molecule has 3 heteroatoms. The molecule has 0 N–H and O–H groups in total. The third-order valence-corrected chi connectivity index (χ3v) is 4.92. The molecule has 0 aromatic heterocycles. The molecule has 0 aliphatic heterocycles. The lowest BCUT2D eigenvalue weighted by Crippen LogP contribution is -1.98. The lowest BCUT2D eigenvalue weighted by atomic mass is 9.98. The summed E-state index contributed by atoms with van der Waals surface area (Å²) in [5.41, 5.74) is 2.28. The monoisotopic (exact) mass is 378 g/mol. The van der Waals surface area contributed by atoms with E-state index in [0.717, 1.165) is 16.5 Å². The molecule has 0 amide bonds. The maximum atomic E-state index is 6.63. The van der Waals surface area contributed by atoms with Gasteiger partial charge in [0.1, 0.15) is 0 Å². The summed E-state index contributed by atoms with van der Waals surface area (Å²) in [6, 6.07) is 20.4. The maximum absolute atomic E-state index is 6.63. The third-order valence-electron chi connectivity index (χ3n) is 3.57. The van der Waals surface area contributed by atoms with Crippen LogP contribution in [0.1, 0.15) is 16.5 Å². The fourth-order valence-electron chi connectivity index (χ4n) is 2.53. The van der Waals surface area contributed by atoms with Gasteiger partial charge < -0.3 is 0 Å². The Morgan fingerprint density at radius 1 is 0.952 bits per heavy atom. The molecule has 106 valence electrons. The van der Waals surface area contributed by atoms with Gasteiger partial charge in [0.25, 0.3) is 0 Å². The molecule has 0 saturated heterocycles. The number of halogens is 3. The minimum absolute atomic E-state index is 0.121. The van der Waals surface area contributed by atoms with Crippen molar-refractivity contribution in [2.45, 2.75) is 11.8 Å². The maximum Gasteiger partial charge on any atom is 0.0637 e. The largest absolute Gasteiger partial charge is 0.117 e. The minimum atomic E-state index is -0.121. The van der Waals surface area contributed by atoms with Crippen LogP contribution in [0.3, 0.4) is 0 Å². The fourth-order valence-corrected chi connectivity index (χ4v) is 3.71. The number of hydrogen-bond donors (Lipinski definition) is 0. The molecular weight excluding hydrogens is 367 g/mol. The first kappa shape index (κ1) is 14.9. The van der Waals surface area contributed by atoms with E-state index in [0.29, 0.717) is 5.02 Å². The van der Waals surface area contributed by atoms with Crippen molar-refractivity contribution in [3.63, 3.8) is 0 Å². The molecule has 0 bridgehead atoms. The van der Waals surface area contributed by atoms with Gasteiger partial charge in [-0.25, -0.2) is 0 Å². The average Bonchev–Trinajstić information content (AvgIpc) is 2.50. The smallest absolute Gasteiger partial charge is 0.0637 e. The standard InChI is InChI=1S/C18H13BrCl2/c19-17-9-8-14(20)11-16(17)18(21)10-13-6-3-5-12-4-1-2-7-15(12)13/h1-9,11,18H,10H2. The van der Waals surface area contributed by atoms with Gasteiger partial charge in [-0.05, 0) is 46.5 Å². The Morgan fingerprint density at radius 3 is 2.57 bits per heavy atom. The molecule has 0 aliphatic rings. The molecule has 3 aromatic carbocycles. The molecule has 21 heavy (non-hydrogen) atoms. The molecule has 1 atom stereocenters. The summed E-state index contributed by atoms with van der Waals surface area (Å²) < 4.78 is 0.993. The summed E-state index contributed by atoms with van der Waals surface area (Å²) in [6.45, 7) is 0. The molecule has 0 fully saturated rings. The first-order valence-corrected chi connectivity index (χ1v) is 8.31. The van der Waals surface area contributed by atoms with Crippen molar-refractivity contribution < 1.29 is 0 Å². The van der Waals surface area contributed by atoms with E-state index in [9.17, 15) is 0 Å². The summed E-state index contributed by atoms with van der Waals surface area (Å²) in [7, 11) is 0. The van der Waals surface area contributed by atoms with E-state index in [1.165, 1.54) is 16.3 Å². The van der Waals surface area contributed by atoms with Crippen molar-refractivity contribution >= 4 is 49.9 Å². The van der Waals surface area contributed by atoms with Gasteiger partial charge in [0.2, 0.25) is 0 Å². The van der Waals surface area contributed by atoms with E-state index in [1.54, 1.807) is 0 Å². The summed E-state index contributed by atoms with van der Waals surface area (Å²) in [5.74, 6) is 0. The Labute approximate surface area is 142 Å². The summed E-state index contributed by atoms with van der Waals surface area (Å²) in [4.78, 5) is 0. The zero-order valence-corrected chi connectivity index (χ0v) is 14.3. The Bertz CT molecular complexity index is 778. The van der Waals surface area contributed by atoms with Gasteiger partial charge in [0.15, 0.2) is 0 Å². The minimum Gasteiger partial charge on any atom is -0.117 e. The second-order valence-electron chi connectivity index (χ2n) is 4.98. The highest BCUT2D eigenvalue weighted by Gasteiger charge is 2.14. The van der Waals surface area contributed by atoms with Crippen LogP contribution in [0.2, 0.25) is 5.02 Å². The quantitative estimate of drug-likeness (QED) is 0.440. The van der Waals surface area contributed by atoms with Crippen molar-refractivity contribution in [1.29, 1.82) is 0 Å². The van der Waals surface area contributed by atoms with Gasteiger partial charge in [0.05, 0.1) is 5.38 Å². The normalized spacial score (nSPS) is 12.5. The van der Waals surface area contributed by atoms with Crippen LogP contribution in [0.5, 0.6) is 0 Å². The zero-order valence-electron chi connectivity index (χ0n) is 11.2. The number of alkyl halides is 1. The van der Waals surface area contributed by atoms with E-state index < -0.39 is 0 Å². The van der Waals surface area contributed by atoms with Crippen molar-refractivity contribution in [3.05, 3.63) is 81.3 Å². The second kappa shape index (κ2) is 6.39. The molecule has 0 spiro atoms. The highest BCUT2D eigenvalue weighted by atomic mass is 79.9. The van der Waals surface area contributed by atoms with Crippen LogP contribution in [-0.4, -0.2) is 0 Å². The number of benzene rings is 3. The van der Waals surface area contributed by atoms with Crippen LogP contribution < -0.4 is 0 Å². The van der Waals surface area contributed by atoms with Crippen molar-refractivity contribution in [2.75, 3.05) is 0 Å². The fraction of sp³-hybridized carbons (Fsp3) is 0.111. The van der Waals surface area contributed by atoms with E-state index in [2.05, 4.69) is 58.4 Å². The number of hydrogen-bond acceptors (Lipinski definition) is 0. The summed E-state index contributed by atoms with van der Waals surface area (Å²) in [5, 5.41) is 3.08. The first-order chi connectivity index (χ1) is 10.1.